The molecule has 0 amide bonds. The van der Waals surface area contributed by atoms with Crippen molar-refractivity contribution in [2.75, 3.05) is 11.9 Å². The van der Waals surface area contributed by atoms with Crippen molar-refractivity contribution in [3.8, 4) is 0 Å². The Morgan fingerprint density at radius 3 is 2.35 bits per heavy atom. The Morgan fingerprint density at radius 2 is 1.83 bits per heavy atom. The molecule has 23 heavy (non-hydrogen) atoms. The number of nitrogens with one attached hydrogen (secondary N) is 1. The number of alkyl halides is 3. The Bertz CT molecular complexity index is 699. The molecule has 122 valence electrons. The van der Waals surface area contributed by atoms with E-state index in [1.54, 1.807) is 25.1 Å². The van der Waals surface area contributed by atoms with Gasteiger partial charge in [-0.2, -0.15) is 13.2 Å². The van der Waals surface area contributed by atoms with E-state index in [1.165, 1.54) is 12.1 Å². The minimum Gasteiger partial charge on any atom is -0.462 e. The van der Waals surface area contributed by atoms with Crippen LogP contribution in [-0.4, -0.2) is 12.6 Å². The van der Waals surface area contributed by atoms with Gasteiger partial charge < -0.3 is 10.1 Å². The number of halogens is 4. The fourth-order valence-electron chi connectivity index (χ4n) is 1.86. The van der Waals surface area contributed by atoms with E-state index in [0.717, 1.165) is 12.1 Å². The third kappa shape index (κ3) is 4.48. The van der Waals surface area contributed by atoms with E-state index in [-0.39, 0.29) is 6.61 Å². The summed E-state index contributed by atoms with van der Waals surface area (Å²) in [7, 11) is 0. The van der Waals surface area contributed by atoms with Gasteiger partial charge in [-0.05, 0) is 65.3 Å². The summed E-state index contributed by atoms with van der Waals surface area (Å²) in [4.78, 5) is 11.6. The Kier molecular flexibility index (Phi) is 5.30. The summed E-state index contributed by atoms with van der Waals surface area (Å²) in [6.07, 6.45) is -4.36. The molecular formula is C16H13BrF3NO2. The molecule has 0 fully saturated rings. The molecule has 2 rings (SSSR count). The first-order valence-corrected chi connectivity index (χ1v) is 7.51. The van der Waals surface area contributed by atoms with Crippen LogP contribution in [0.25, 0.3) is 0 Å². The topological polar surface area (TPSA) is 38.3 Å². The van der Waals surface area contributed by atoms with Gasteiger partial charge >= 0.3 is 12.1 Å². The fraction of sp³-hybridized carbons (Fsp3) is 0.188. The molecule has 0 heterocycles. The third-order valence-corrected chi connectivity index (χ3v) is 3.63. The van der Waals surface area contributed by atoms with Crippen molar-refractivity contribution in [3.05, 3.63) is 58.1 Å². The Labute approximate surface area is 139 Å². The van der Waals surface area contributed by atoms with Crippen molar-refractivity contribution in [2.24, 2.45) is 0 Å². The number of benzene rings is 2. The van der Waals surface area contributed by atoms with Gasteiger partial charge in [0.2, 0.25) is 0 Å². The highest BCUT2D eigenvalue weighted by atomic mass is 79.9. The second-order valence-electron chi connectivity index (χ2n) is 4.62. The van der Waals surface area contributed by atoms with Gasteiger partial charge in [-0.25, -0.2) is 4.79 Å². The van der Waals surface area contributed by atoms with Crippen LogP contribution in [0.4, 0.5) is 24.5 Å². The summed E-state index contributed by atoms with van der Waals surface area (Å²) in [5, 5.41) is 2.98. The first-order valence-electron chi connectivity index (χ1n) is 6.72. The average molecular weight is 388 g/mol. The zero-order valence-electron chi connectivity index (χ0n) is 12.1. The normalized spacial score (nSPS) is 11.2. The van der Waals surface area contributed by atoms with E-state index in [1.807, 2.05) is 0 Å². The fourth-order valence-corrected chi connectivity index (χ4v) is 2.33. The van der Waals surface area contributed by atoms with Crippen LogP contribution in [0.2, 0.25) is 0 Å². The van der Waals surface area contributed by atoms with Gasteiger partial charge in [-0.15, -0.1) is 0 Å². The van der Waals surface area contributed by atoms with Crippen molar-refractivity contribution < 1.29 is 22.7 Å². The van der Waals surface area contributed by atoms with E-state index >= 15 is 0 Å². The monoisotopic (exact) mass is 387 g/mol. The molecule has 0 aromatic heterocycles. The number of ether oxygens (including phenoxy) is 1. The molecule has 0 bridgehead atoms. The Balaban J connectivity index is 2.16. The lowest BCUT2D eigenvalue weighted by atomic mass is 10.1. The quantitative estimate of drug-likeness (QED) is 0.714. The van der Waals surface area contributed by atoms with Crippen molar-refractivity contribution in [2.45, 2.75) is 13.1 Å². The van der Waals surface area contributed by atoms with E-state index < -0.39 is 17.7 Å². The number of rotatable bonds is 4. The molecule has 1 N–H and O–H groups in total. The average Bonchev–Trinajstić information content (AvgIpc) is 2.49. The van der Waals surface area contributed by atoms with Crippen LogP contribution >= 0.6 is 15.9 Å². The number of carbonyl (C=O) groups excluding carboxylic acids is 1. The summed E-state index contributed by atoms with van der Waals surface area (Å²) in [6.45, 7) is 2.00. The molecule has 2 aromatic rings. The zero-order chi connectivity index (χ0) is 17.0. The number of esters is 1. The van der Waals surface area contributed by atoms with Crippen molar-refractivity contribution in [1.29, 1.82) is 0 Å². The Morgan fingerprint density at radius 1 is 1.17 bits per heavy atom. The second-order valence-corrected chi connectivity index (χ2v) is 5.47. The predicted molar refractivity (Wildman–Crippen MR) is 84.8 cm³/mol. The molecule has 0 spiro atoms. The minimum atomic E-state index is -4.36. The van der Waals surface area contributed by atoms with Crippen LogP contribution in [0.5, 0.6) is 0 Å². The van der Waals surface area contributed by atoms with Gasteiger partial charge in [0, 0.05) is 10.2 Å². The van der Waals surface area contributed by atoms with Gasteiger partial charge in [0.25, 0.3) is 0 Å². The van der Waals surface area contributed by atoms with Gasteiger partial charge in [0.1, 0.15) is 0 Å². The molecule has 0 unspecified atom stereocenters. The number of hydrogen-bond acceptors (Lipinski definition) is 3. The molecule has 0 atom stereocenters. The van der Waals surface area contributed by atoms with Crippen molar-refractivity contribution >= 4 is 33.3 Å². The molecular weight excluding hydrogens is 375 g/mol. The molecule has 0 radical (unpaired) electrons. The second kappa shape index (κ2) is 7.04. The standard InChI is InChI=1S/C16H13BrF3NO2/c1-2-23-15(22)10-3-8-14(13(17)9-10)21-12-6-4-11(5-7-12)16(18,19)20/h3-9,21H,2H2,1H3. The largest absolute Gasteiger partial charge is 0.462 e. The summed E-state index contributed by atoms with van der Waals surface area (Å²) < 4.78 is 43.1. The van der Waals surface area contributed by atoms with E-state index in [4.69, 9.17) is 4.74 Å². The molecule has 0 aliphatic carbocycles. The van der Waals surface area contributed by atoms with Crippen molar-refractivity contribution in [1.82, 2.24) is 0 Å². The molecule has 0 saturated carbocycles. The van der Waals surface area contributed by atoms with Crippen molar-refractivity contribution in [3.63, 3.8) is 0 Å². The minimum absolute atomic E-state index is 0.280. The molecule has 0 aliphatic rings. The zero-order valence-corrected chi connectivity index (χ0v) is 13.7. The molecule has 7 heteroatoms. The highest BCUT2D eigenvalue weighted by molar-refractivity contribution is 9.10. The maximum atomic E-state index is 12.5. The number of carbonyl (C=O) groups is 1. The van der Waals surface area contributed by atoms with Crippen LogP contribution < -0.4 is 5.32 Å². The Hall–Kier alpha value is -2.02. The first kappa shape index (κ1) is 17.3. The van der Waals surface area contributed by atoms with Crippen LogP contribution in [0.1, 0.15) is 22.8 Å². The predicted octanol–water partition coefficient (Wildman–Crippen LogP) is 5.39. The molecule has 0 saturated heterocycles. The van der Waals surface area contributed by atoms with Gasteiger partial charge in [0.15, 0.2) is 0 Å². The number of anilines is 2. The summed E-state index contributed by atoms with van der Waals surface area (Å²) >= 11 is 3.32. The van der Waals surface area contributed by atoms with Crippen LogP contribution in [0, 0.1) is 0 Å². The van der Waals surface area contributed by atoms with Gasteiger partial charge in [-0.3, -0.25) is 0 Å². The molecule has 2 aromatic carbocycles. The maximum absolute atomic E-state index is 12.5. The summed E-state index contributed by atoms with van der Waals surface area (Å²) in [5.41, 5.74) is 0.803. The highest BCUT2D eigenvalue weighted by Crippen LogP contribution is 2.31. The van der Waals surface area contributed by atoms with Gasteiger partial charge in [-0.1, -0.05) is 0 Å². The molecule has 3 nitrogen and oxygen atoms in total. The summed E-state index contributed by atoms with van der Waals surface area (Å²) in [5.74, 6) is -0.436. The smallest absolute Gasteiger partial charge is 0.416 e. The number of hydrogen-bond donors (Lipinski definition) is 1. The van der Waals surface area contributed by atoms with Crippen LogP contribution in [0.15, 0.2) is 46.9 Å². The van der Waals surface area contributed by atoms with E-state index in [0.29, 0.717) is 21.4 Å². The van der Waals surface area contributed by atoms with Crippen LogP contribution in [0.3, 0.4) is 0 Å². The maximum Gasteiger partial charge on any atom is 0.416 e. The van der Waals surface area contributed by atoms with E-state index in [2.05, 4.69) is 21.2 Å². The van der Waals surface area contributed by atoms with E-state index in [9.17, 15) is 18.0 Å². The lowest BCUT2D eigenvalue weighted by molar-refractivity contribution is -0.137. The summed E-state index contributed by atoms with van der Waals surface area (Å²) in [6, 6.07) is 9.50. The van der Waals surface area contributed by atoms with Crippen LogP contribution in [-0.2, 0) is 10.9 Å². The highest BCUT2D eigenvalue weighted by Gasteiger charge is 2.29. The lowest BCUT2D eigenvalue weighted by Gasteiger charge is -2.11. The first-order chi connectivity index (χ1) is 10.8. The lowest BCUT2D eigenvalue weighted by Crippen LogP contribution is -2.05. The molecule has 0 aliphatic heterocycles. The van der Waals surface area contributed by atoms with Gasteiger partial charge in [0.05, 0.1) is 23.4 Å². The SMILES string of the molecule is CCOC(=O)c1ccc(Nc2ccc(C(F)(F)F)cc2)c(Br)c1. The third-order valence-electron chi connectivity index (χ3n) is 2.97.